The molecule has 1 aromatic carbocycles. The van der Waals surface area contributed by atoms with E-state index >= 15 is 0 Å². The Bertz CT molecular complexity index is 379. The average Bonchev–Trinajstić information content (AvgIpc) is 2.18. The minimum Gasteiger partial charge on any atom is -0.507 e. The molecule has 0 atom stereocenters. The molecule has 0 saturated heterocycles. The van der Waals surface area contributed by atoms with Crippen molar-refractivity contribution in [2.24, 2.45) is 5.73 Å². The second-order valence-corrected chi connectivity index (χ2v) is 3.37. The summed E-state index contributed by atoms with van der Waals surface area (Å²) in [5.41, 5.74) is 5.44. The fourth-order valence-corrected chi connectivity index (χ4v) is 1.42. The summed E-state index contributed by atoms with van der Waals surface area (Å²) in [6.45, 7) is 0.239. The van der Waals surface area contributed by atoms with Crippen LogP contribution in [-0.4, -0.2) is 24.5 Å². The molecular formula is C10H12ClNO3. The van der Waals surface area contributed by atoms with E-state index in [0.717, 1.165) is 0 Å². The molecule has 0 radical (unpaired) electrons. The maximum atomic E-state index is 11.5. The SMILES string of the molecule is COc1cc(C(=O)CCN)c(O)cc1Cl. The lowest BCUT2D eigenvalue weighted by Gasteiger charge is -2.07. The second kappa shape index (κ2) is 5.00. The van der Waals surface area contributed by atoms with E-state index < -0.39 is 0 Å². The summed E-state index contributed by atoms with van der Waals surface area (Å²) in [5, 5.41) is 9.77. The molecule has 15 heavy (non-hydrogen) atoms. The van der Waals surface area contributed by atoms with Gasteiger partial charge in [0.25, 0.3) is 0 Å². The van der Waals surface area contributed by atoms with Gasteiger partial charge in [-0.05, 0) is 12.6 Å². The summed E-state index contributed by atoms with van der Waals surface area (Å²) >= 11 is 5.76. The molecule has 0 amide bonds. The summed E-state index contributed by atoms with van der Waals surface area (Å²) in [7, 11) is 1.44. The molecule has 0 heterocycles. The van der Waals surface area contributed by atoms with E-state index in [4.69, 9.17) is 22.1 Å². The zero-order valence-corrected chi connectivity index (χ0v) is 9.04. The number of ether oxygens (including phenoxy) is 1. The van der Waals surface area contributed by atoms with E-state index in [9.17, 15) is 9.90 Å². The monoisotopic (exact) mass is 229 g/mol. The lowest BCUT2D eigenvalue weighted by molar-refractivity contribution is 0.0982. The highest BCUT2D eigenvalue weighted by molar-refractivity contribution is 6.32. The summed E-state index contributed by atoms with van der Waals surface area (Å²) in [5.74, 6) is -0.0287. The maximum absolute atomic E-state index is 11.5. The Labute approximate surface area is 92.6 Å². The van der Waals surface area contributed by atoms with E-state index in [-0.39, 0.29) is 35.1 Å². The van der Waals surface area contributed by atoms with Crippen LogP contribution in [0.15, 0.2) is 12.1 Å². The van der Waals surface area contributed by atoms with E-state index in [1.54, 1.807) is 0 Å². The standard InChI is InChI=1S/C10H12ClNO3/c1-15-10-4-6(8(13)2-3-12)9(14)5-7(10)11/h4-5,14H,2-3,12H2,1H3. The third-order valence-electron chi connectivity index (χ3n) is 1.94. The van der Waals surface area contributed by atoms with Crippen molar-refractivity contribution in [1.82, 2.24) is 0 Å². The molecular weight excluding hydrogens is 218 g/mol. The van der Waals surface area contributed by atoms with Gasteiger partial charge >= 0.3 is 0 Å². The van der Waals surface area contributed by atoms with Crippen LogP contribution in [0, 0.1) is 0 Å². The van der Waals surface area contributed by atoms with Gasteiger partial charge in [0, 0.05) is 12.5 Å². The molecule has 0 fully saturated rings. The molecule has 3 N–H and O–H groups in total. The number of nitrogens with two attached hydrogens (primary N) is 1. The molecule has 4 nitrogen and oxygen atoms in total. The molecule has 0 spiro atoms. The quantitative estimate of drug-likeness (QED) is 0.769. The minimum absolute atomic E-state index is 0.153. The molecule has 1 rings (SSSR count). The number of carbonyl (C=O) groups is 1. The molecule has 0 aliphatic carbocycles. The van der Waals surface area contributed by atoms with E-state index in [1.807, 2.05) is 0 Å². The molecule has 0 unspecified atom stereocenters. The van der Waals surface area contributed by atoms with Crippen LogP contribution < -0.4 is 10.5 Å². The molecule has 1 aromatic rings. The normalized spacial score (nSPS) is 10.1. The number of phenols is 1. The largest absolute Gasteiger partial charge is 0.507 e. The Hall–Kier alpha value is -1.26. The van der Waals surface area contributed by atoms with Crippen LogP contribution >= 0.6 is 11.6 Å². The summed E-state index contributed by atoms with van der Waals surface area (Å²) in [6, 6.07) is 2.69. The van der Waals surface area contributed by atoms with Crippen LogP contribution in [0.5, 0.6) is 11.5 Å². The van der Waals surface area contributed by atoms with Crippen LogP contribution in [0.1, 0.15) is 16.8 Å². The number of halogens is 1. The highest BCUT2D eigenvalue weighted by Crippen LogP contribution is 2.32. The number of carbonyl (C=O) groups excluding carboxylic acids is 1. The second-order valence-electron chi connectivity index (χ2n) is 2.97. The lowest BCUT2D eigenvalue weighted by Crippen LogP contribution is -2.08. The third kappa shape index (κ3) is 2.61. The predicted molar refractivity (Wildman–Crippen MR) is 57.7 cm³/mol. The smallest absolute Gasteiger partial charge is 0.167 e. The third-order valence-corrected chi connectivity index (χ3v) is 2.24. The Kier molecular flexibility index (Phi) is 3.94. The van der Waals surface area contributed by atoms with Gasteiger partial charge in [-0.15, -0.1) is 0 Å². The Morgan fingerprint density at radius 3 is 2.80 bits per heavy atom. The zero-order chi connectivity index (χ0) is 11.4. The summed E-state index contributed by atoms with van der Waals surface area (Å²) < 4.78 is 4.94. The van der Waals surface area contributed by atoms with Crippen molar-refractivity contribution in [3.05, 3.63) is 22.7 Å². The molecule has 0 aliphatic heterocycles. The van der Waals surface area contributed by atoms with Crippen molar-refractivity contribution in [2.75, 3.05) is 13.7 Å². The molecule has 0 aromatic heterocycles. The number of hydrogen-bond donors (Lipinski definition) is 2. The molecule has 82 valence electrons. The van der Waals surface area contributed by atoms with Gasteiger partial charge in [-0.25, -0.2) is 0 Å². The van der Waals surface area contributed by atoms with Gasteiger partial charge in [-0.3, -0.25) is 4.79 Å². The fraction of sp³-hybridized carbons (Fsp3) is 0.300. The number of methoxy groups -OCH3 is 1. The molecule has 0 saturated carbocycles. The van der Waals surface area contributed by atoms with Crippen LogP contribution in [-0.2, 0) is 0 Å². The first kappa shape index (κ1) is 11.8. The maximum Gasteiger partial charge on any atom is 0.167 e. The van der Waals surface area contributed by atoms with E-state index in [1.165, 1.54) is 19.2 Å². The van der Waals surface area contributed by atoms with Gasteiger partial charge < -0.3 is 15.6 Å². The number of Topliss-reactive ketones (excluding diaryl/α,β-unsaturated/α-hetero) is 1. The van der Waals surface area contributed by atoms with Crippen LogP contribution in [0.2, 0.25) is 5.02 Å². The lowest BCUT2D eigenvalue weighted by atomic mass is 10.1. The number of aromatic hydroxyl groups is 1. The first-order valence-corrected chi connectivity index (χ1v) is 4.77. The van der Waals surface area contributed by atoms with E-state index in [2.05, 4.69) is 0 Å². The average molecular weight is 230 g/mol. The van der Waals surface area contributed by atoms with Gasteiger partial charge in [0.05, 0.1) is 17.7 Å². The van der Waals surface area contributed by atoms with Crippen molar-refractivity contribution < 1.29 is 14.6 Å². The van der Waals surface area contributed by atoms with Gasteiger partial charge in [0.1, 0.15) is 11.5 Å². The number of hydrogen-bond acceptors (Lipinski definition) is 4. The van der Waals surface area contributed by atoms with Gasteiger partial charge in [-0.1, -0.05) is 11.6 Å². The highest BCUT2D eigenvalue weighted by Gasteiger charge is 2.14. The predicted octanol–water partition coefficient (Wildman–Crippen LogP) is 1.59. The van der Waals surface area contributed by atoms with Crippen molar-refractivity contribution >= 4 is 17.4 Å². The summed E-state index contributed by atoms with van der Waals surface area (Å²) in [6.07, 6.45) is 0.179. The van der Waals surface area contributed by atoms with Gasteiger partial charge in [0.15, 0.2) is 5.78 Å². The Morgan fingerprint density at radius 2 is 2.27 bits per heavy atom. The molecule has 0 bridgehead atoms. The van der Waals surface area contributed by atoms with E-state index in [0.29, 0.717) is 5.75 Å². The number of rotatable bonds is 4. The molecule has 0 aliphatic rings. The minimum atomic E-state index is -0.232. The highest BCUT2D eigenvalue weighted by atomic mass is 35.5. The molecule has 5 heteroatoms. The summed E-state index contributed by atoms with van der Waals surface area (Å²) in [4.78, 5) is 11.5. The Balaban J connectivity index is 3.12. The first-order valence-electron chi connectivity index (χ1n) is 4.40. The van der Waals surface area contributed by atoms with Crippen molar-refractivity contribution in [2.45, 2.75) is 6.42 Å². The number of benzene rings is 1. The van der Waals surface area contributed by atoms with Gasteiger partial charge in [0.2, 0.25) is 0 Å². The van der Waals surface area contributed by atoms with Crippen molar-refractivity contribution in [1.29, 1.82) is 0 Å². The first-order chi connectivity index (χ1) is 7.10. The van der Waals surface area contributed by atoms with Crippen LogP contribution in [0.25, 0.3) is 0 Å². The number of phenolic OH excluding ortho intramolecular Hbond substituents is 1. The zero-order valence-electron chi connectivity index (χ0n) is 8.29. The topological polar surface area (TPSA) is 72.5 Å². The Morgan fingerprint density at radius 1 is 1.60 bits per heavy atom. The van der Waals surface area contributed by atoms with Crippen molar-refractivity contribution in [3.8, 4) is 11.5 Å². The van der Waals surface area contributed by atoms with Crippen LogP contribution in [0.4, 0.5) is 0 Å². The number of ketones is 1. The van der Waals surface area contributed by atoms with Gasteiger partial charge in [-0.2, -0.15) is 0 Å². The van der Waals surface area contributed by atoms with Crippen molar-refractivity contribution in [3.63, 3.8) is 0 Å². The fourth-order valence-electron chi connectivity index (χ4n) is 1.19. The van der Waals surface area contributed by atoms with Crippen LogP contribution in [0.3, 0.4) is 0 Å².